The van der Waals surface area contributed by atoms with Gasteiger partial charge in [-0.15, -0.1) is 0 Å². The summed E-state index contributed by atoms with van der Waals surface area (Å²) in [6.45, 7) is 6.32. The molecule has 0 aliphatic rings. The molecular formula is C7H15N3. The van der Waals surface area contributed by atoms with Gasteiger partial charge in [0, 0.05) is 17.8 Å². The molecule has 0 fully saturated rings. The standard InChI is InChI=1S/C7H15N3/c1-4-10-7(9)5(2)6(3)8/h4,8H2,1-3H3,(H2,9,10). The molecule has 3 nitrogen and oxygen atoms in total. The molecule has 0 radical (unpaired) electrons. The van der Waals surface area contributed by atoms with E-state index in [9.17, 15) is 0 Å². The average Bonchev–Trinajstić information content (AvgIpc) is 1.87. The lowest BCUT2D eigenvalue weighted by Crippen LogP contribution is -2.16. The highest BCUT2D eigenvalue weighted by atomic mass is 14.8. The maximum absolute atomic E-state index is 5.54. The number of aliphatic imine (C=N–C) groups is 1. The van der Waals surface area contributed by atoms with Crippen molar-refractivity contribution in [3.63, 3.8) is 0 Å². The zero-order chi connectivity index (χ0) is 8.15. The molecule has 58 valence electrons. The van der Waals surface area contributed by atoms with Crippen LogP contribution in [-0.2, 0) is 0 Å². The van der Waals surface area contributed by atoms with Gasteiger partial charge in [-0.25, -0.2) is 0 Å². The molecule has 0 aromatic carbocycles. The van der Waals surface area contributed by atoms with Gasteiger partial charge in [0.15, 0.2) is 0 Å². The number of hydrogen-bond donors (Lipinski definition) is 2. The largest absolute Gasteiger partial charge is 0.402 e. The minimum atomic E-state index is 0.544. The van der Waals surface area contributed by atoms with Crippen LogP contribution in [0.3, 0.4) is 0 Å². The maximum Gasteiger partial charge on any atom is 0.122 e. The van der Waals surface area contributed by atoms with E-state index in [4.69, 9.17) is 11.5 Å². The van der Waals surface area contributed by atoms with E-state index < -0.39 is 0 Å². The van der Waals surface area contributed by atoms with Crippen LogP contribution in [0.25, 0.3) is 0 Å². The maximum atomic E-state index is 5.54. The van der Waals surface area contributed by atoms with Gasteiger partial charge in [-0.3, -0.25) is 4.99 Å². The monoisotopic (exact) mass is 141 g/mol. The SMILES string of the molecule is CCN=C(N)C(C)=C(C)N. The van der Waals surface area contributed by atoms with Gasteiger partial charge in [0.2, 0.25) is 0 Å². The van der Waals surface area contributed by atoms with E-state index >= 15 is 0 Å². The third-order valence-electron chi connectivity index (χ3n) is 1.30. The van der Waals surface area contributed by atoms with E-state index in [0.29, 0.717) is 12.4 Å². The van der Waals surface area contributed by atoms with Crippen LogP contribution >= 0.6 is 0 Å². The molecule has 0 rings (SSSR count). The molecule has 4 N–H and O–H groups in total. The molecule has 0 saturated heterocycles. The summed E-state index contributed by atoms with van der Waals surface area (Å²) in [5, 5.41) is 0. The Morgan fingerprint density at radius 2 is 1.80 bits per heavy atom. The zero-order valence-corrected chi connectivity index (χ0v) is 6.81. The summed E-state index contributed by atoms with van der Waals surface area (Å²) in [5.74, 6) is 0.544. The van der Waals surface area contributed by atoms with Gasteiger partial charge in [0.05, 0.1) is 0 Å². The van der Waals surface area contributed by atoms with Crippen molar-refractivity contribution in [3.8, 4) is 0 Å². The molecule has 0 bridgehead atoms. The topological polar surface area (TPSA) is 64.4 Å². The molecule has 0 heterocycles. The number of hydrogen-bond acceptors (Lipinski definition) is 2. The molecule has 0 unspecified atom stereocenters. The van der Waals surface area contributed by atoms with Gasteiger partial charge in [0.25, 0.3) is 0 Å². The summed E-state index contributed by atoms with van der Waals surface area (Å²) in [4.78, 5) is 4.00. The van der Waals surface area contributed by atoms with E-state index in [0.717, 1.165) is 11.3 Å². The predicted octanol–water partition coefficient (Wildman–Crippen LogP) is 0.616. The molecule has 0 aliphatic carbocycles. The Morgan fingerprint density at radius 1 is 1.30 bits per heavy atom. The van der Waals surface area contributed by atoms with Gasteiger partial charge < -0.3 is 11.5 Å². The summed E-state index contributed by atoms with van der Waals surface area (Å²) < 4.78 is 0. The van der Waals surface area contributed by atoms with Crippen molar-refractivity contribution in [2.75, 3.05) is 6.54 Å². The van der Waals surface area contributed by atoms with Crippen LogP contribution in [-0.4, -0.2) is 12.4 Å². The number of rotatable bonds is 2. The van der Waals surface area contributed by atoms with Crippen molar-refractivity contribution < 1.29 is 0 Å². The lowest BCUT2D eigenvalue weighted by Gasteiger charge is -2.01. The van der Waals surface area contributed by atoms with E-state index in [1.165, 1.54) is 0 Å². The van der Waals surface area contributed by atoms with Crippen molar-refractivity contribution >= 4 is 5.84 Å². The molecule has 3 heteroatoms. The normalized spacial score (nSPS) is 14.9. The van der Waals surface area contributed by atoms with Crippen LogP contribution < -0.4 is 11.5 Å². The fourth-order valence-electron chi connectivity index (χ4n) is 0.491. The van der Waals surface area contributed by atoms with Gasteiger partial charge in [-0.1, -0.05) is 0 Å². The quantitative estimate of drug-likeness (QED) is 0.437. The summed E-state index contributed by atoms with van der Waals surface area (Å²) in [7, 11) is 0. The zero-order valence-electron chi connectivity index (χ0n) is 6.81. The van der Waals surface area contributed by atoms with Crippen LogP contribution in [0, 0.1) is 0 Å². The Bertz CT molecular complexity index is 164. The van der Waals surface area contributed by atoms with Crippen LogP contribution in [0.4, 0.5) is 0 Å². The highest BCUT2D eigenvalue weighted by Gasteiger charge is 1.95. The molecule has 0 aromatic rings. The number of allylic oxidation sites excluding steroid dienone is 1. The predicted molar refractivity (Wildman–Crippen MR) is 44.7 cm³/mol. The second-order valence-electron chi connectivity index (χ2n) is 2.17. The van der Waals surface area contributed by atoms with Crippen molar-refractivity contribution in [2.45, 2.75) is 20.8 Å². The summed E-state index contributed by atoms with van der Waals surface area (Å²) >= 11 is 0. The molecule has 0 amide bonds. The Balaban J connectivity index is 4.36. The first kappa shape index (κ1) is 9.01. The molecule has 0 atom stereocenters. The Labute approximate surface area is 61.8 Å². The highest BCUT2D eigenvalue weighted by molar-refractivity contribution is 5.96. The van der Waals surface area contributed by atoms with Gasteiger partial charge >= 0.3 is 0 Å². The second-order valence-corrected chi connectivity index (χ2v) is 2.17. The molecule has 0 aliphatic heterocycles. The molecule has 0 saturated carbocycles. The molecule has 0 aromatic heterocycles. The van der Waals surface area contributed by atoms with Crippen LogP contribution in [0.2, 0.25) is 0 Å². The van der Waals surface area contributed by atoms with Crippen molar-refractivity contribution in [1.82, 2.24) is 0 Å². The first-order chi connectivity index (χ1) is 4.59. The van der Waals surface area contributed by atoms with Gasteiger partial charge in [0.1, 0.15) is 5.84 Å². The highest BCUT2D eigenvalue weighted by Crippen LogP contribution is 1.95. The third-order valence-corrected chi connectivity index (χ3v) is 1.30. The van der Waals surface area contributed by atoms with Crippen molar-refractivity contribution in [3.05, 3.63) is 11.3 Å². The Morgan fingerprint density at radius 3 is 2.10 bits per heavy atom. The average molecular weight is 141 g/mol. The summed E-state index contributed by atoms with van der Waals surface area (Å²) in [5.41, 5.74) is 12.6. The van der Waals surface area contributed by atoms with Crippen LogP contribution in [0.15, 0.2) is 16.3 Å². The van der Waals surface area contributed by atoms with E-state index in [1.54, 1.807) is 0 Å². The van der Waals surface area contributed by atoms with Gasteiger partial charge in [-0.05, 0) is 20.8 Å². The Hall–Kier alpha value is -0.990. The smallest absolute Gasteiger partial charge is 0.122 e. The number of nitrogens with zero attached hydrogens (tertiary/aromatic N) is 1. The first-order valence-corrected chi connectivity index (χ1v) is 3.32. The van der Waals surface area contributed by atoms with Crippen molar-refractivity contribution in [1.29, 1.82) is 0 Å². The first-order valence-electron chi connectivity index (χ1n) is 3.32. The fourth-order valence-corrected chi connectivity index (χ4v) is 0.491. The number of amidine groups is 1. The van der Waals surface area contributed by atoms with Crippen LogP contribution in [0.5, 0.6) is 0 Å². The minimum Gasteiger partial charge on any atom is -0.402 e. The molecule has 0 spiro atoms. The van der Waals surface area contributed by atoms with Gasteiger partial charge in [-0.2, -0.15) is 0 Å². The number of nitrogens with two attached hydrogens (primary N) is 2. The molecule has 10 heavy (non-hydrogen) atoms. The summed E-state index contributed by atoms with van der Waals surface area (Å²) in [6, 6.07) is 0. The molecular weight excluding hydrogens is 126 g/mol. The van der Waals surface area contributed by atoms with E-state index in [2.05, 4.69) is 4.99 Å². The summed E-state index contributed by atoms with van der Waals surface area (Å²) in [6.07, 6.45) is 0. The lowest BCUT2D eigenvalue weighted by atomic mass is 10.2. The fraction of sp³-hybridized carbons (Fsp3) is 0.571. The third kappa shape index (κ3) is 2.53. The lowest BCUT2D eigenvalue weighted by molar-refractivity contribution is 1.11. The minimum absolute atomic E-state index is 0.544. The van der Waals surface area contributed by atoms with Crippen molar-refractivity contribution in [2.24, 2.45) is 16.5 Å². The Kier molecular flexibility index (Phi) is 3.54. The van der Waals surface area contributed by atoms with E-state index in [-0.39, 0.29) is 0 Å². The van der Waals surface area contributed by atoms with E-state index in [1.807, 2.05) is 20.8 Å². The second kappa shape index (κ2) is 3.93. The van der Waals surface area contributed by atoms with Crippen LogP contribution in [0.1, 0.15) is 20.8 Å².